The van der Waals surface area contributed by atoms with Gasteiger partial charge >= 0.3 is 11.9 Å². The highest BCUT2D eigenvalue weighted by Gasteiger charge is 2.18. The van der Waals surface area contributed by atoms with Crippen LogP contribution in [0.3, 0.4) is 0 Å². The van der Waals surface area contributed by atoms with Crippen molar-refractivity contribution < 1.29 is 27.9 Å². The molecule has 19 heavy (non-hydrogen) atoms. The first kappa shape index (κ1) is 14.9. The number of nitrogens with zero attached hydrogens (tertiary/aromatic N) is 1. The van der Waals surface area contributed by atoms with Gasteiger partial charge in [0.2, 0.25) is 10.0 Å². The minimum Gasteiger partial charge on any atom is -0.478 e. The Morgan fingerprint density at radius 3 is 2.58 bits per heavy atom. The van der Waals surface area contributed by atoms with Crippen LogP contribution in [0.1, 0.15) is 17.3 Å². The zero-order valence-electron chi connectivity index (χ0n) is 9.99. The van der Waals surface area contributed by atoms with Crippen LogP contribution in [0.4, 0.5) is 5.82 Å². The predicted molar refractivity (Wildman–Crippen MR) is 65.2 cm³/mol. The van der Waals surface area contributed by atoms with E-state index in [1.165, 1.54) is 12.1 Å². The van der Waals surface area contributed by atoms with Crippen molar-refractivity contribution in [2.24, 2.45) is 0 Å². The summed E-state index contributed by atoms with van der Waals surface area (Å²) in [7, 11) is -3.92. The number of carbonyl (C=O) groups excluding carboxylic acids is 1. The van der Waals surface area contributed by atoms with Gasteiger partial charge in [-0.1, -0.05) is 0 Å². The number of pyridine rings is 1. The standard InChI is InChI=1S/C10H12N2O6S/c1-2-18-9(13)6-19(16,17)12-8-4-3-7(5-11-8)10(14)15/h3-5H,2,6H2,1H3,(H,11,12)(H,14,15). The molecule has 0 radical (unpaired) electrons. The number of aromatic carboxylic acids is 1. The molecule has 0 bridgehead atoms. The second kappa shape index (κ2) is 6.14. The van der Waals surface area contributed by atoms with Crippen molar-refractivity contribution >= 4 is 27.8 Å². The molecule has 0 unspecified atom stereocenters. The number of ether oxygens (including phenoxy) is 1. The molecular formula is C10H12N2O6S. The number of hydrogen-bond donors (Lipinski definition) is 2. The Morgan fingerprint density at radius 1 is 1.42 bits per heavy atom. The molecule has 8 nitrogen and oxygen atoms in total. The number of sulfonamides is 1. The third kappa shape index (κ3) is 4.92. The topological polar surface area (TPSA) is 123 Å². The van der Waals surface area contributed by atoms with Crippen molar-refractivity contribution in [3.8, 4) is 0 Å². The van der Waals surface area contributed by atoms with Gasteiger partial charge in [0, 0.05) is 6.20 Å². The molecule has 104 valence electrons. The van der Waals surface area contributed by atoms with E-state index >= 15 is 0 Å². The molecule has 0 aliphatic heterocycles. The van der Waals surface area contributed by atoms with Crippen molar-refractivity contribution in [3.63, 3.8) is 0 Å². The molecule has 2 N–H and O–H groups in total. The van der Waals surface area contributed by atoms with Crippen molar-refractivity contribution in [2.45, 2.75) is 6.92 Å². The van der Waals surface area contributed by atoms with Crippen LogP contribution in [-0.2, 0) is 19.6 Å². The number of carboxylic acid groups (broad SMARTS) is 1. The lowest BCUT2D eigenvalue weighted by molar-refractivity contribution is -0.139. The Morgan fingerprint density at radius 2 is 2.11 bits per heavy atom. The number of aromatic nitrogens is 1. The molecule has 0 saturated heterocycles. The Balaban J connectivity index is 2.73. The SMILES string of the molecule is CCOC(=O)CS(=O)(=O)Nc1ccc(C(=O)O)cn1. The second-order valence-corrected chi connectivity index (χ2v) is 5.13. The molecule has 0 atom stereocenters. The summed E-state index contributed by atoms with van der Waals surface area (Å²) in [6.07, 6.45) is 1.00. The number of hydrogen-bond acceptors (Lipinski definition) is 6. The lowest BCUT2D eigenvalue weighted by Gasteiger charge is -2.06. The molecule has 1 aromatic heterocycles. The van der Waals surface area contributed by atoms with E-state index < -0.39 is 27.7 Å². The minimum atomic E-state index is -3.92. The van der Waals surface area contributed by atoms with Gasteiger partial charge in [0.05, 0.1) is 12.2 Å². The Hall–Kier alpha value is -2.16. The quantitative estimate of drug-likeness (QED) is 0.711. The van der Waals surface area contributed by atoms with Crippen molar-refractivity contribution in [2.75, 3.05) is 17.1 Å². The fourth-order valence-electron chi connectivity index (χ4n) is 1.13. The molecular weight excluding hydrogens is 276 g/mol. The highest BCUT2D eigenvalue weighted by atomic mass is 32.2. The van der Waals surface area contributed by atoms with Crippen LogP contribution in [0, 0.1) is 0 Å². The summed E-state index contributed by atoms with van der Waals surface area (Å²) in [5.41, 5.74) is -0.0756. The fourth-order valence-corrected chi connectivity index (χ4v) is 2.04. The van der Waals surface area contributed by atoms with E-state index in [2.05, 4.69) is 9.72 Å². The average molecular weight is 288 g/mol. The Bertz CT molecular complexity index is 566. The van der Waals surface area contributed by atoms with Crippen molar-refractivity contribution in [1.29, 1.82) is 0 Å². The van der Waals surface area contributed by atoms with Gasteiger partial charge in [-0.3, -0.25) is 9.52 Å². The van der Waals surface area contributed by atoms with Gasteiger partial charge in [0.25, 0.3) is 0 Å². The number of esters is 1. The number of carboxylic acids is 1. The van der Waals surface area contributed by atoms with Crippen LogP contribution in [0.2, 0.25) is 0 Å². The maximum atomic E-state index is 11.5. The van der Waals surface area contributed by atoms with Gasteiger partial charge in [0.1, 0.15) is 5.82 Å². The number of carbonyl (C=O) groups is 2. The van der Waals surface area contributed by atoms with Crippen molar-refractivity contribution in [3.05, 3.63) is 23.9 Å². The van der Waals surface area contributed by atoms with Gasteiger partial charge in [-0.2, -0.15) is 0 Å². The Kier molecular flexibility index (Phi) is 4.81. The molecule has 0 aliphatic rings. The summed E-state index contributed by atoms with van der Waals surface area (Å²) in [6, 6.07) is 2.38. The fraction of sp³-hybridized carbons (Fsp3) is 0.300. The van der Waals surface area contributed by atoms with E-state index in [-0.39, 0.29) is 18.0 Å². The summed E-state index contributed by atoms with van der Waals surface area (Å²) in [5, 5.41) is 8.65. The largest absolute Gasteiger partial charge is 0.478 e. The minimum absolute atomic E-state index is 0.0747. The first-order chi connectivity index (χ1) is 8.84. The van der Waals surface area contributed by atoms with Crippen LogP contribution >= 0.6 is 0 Å². The van der Waals surface area contributed by atoms with Gasteiger partial charge in [0.15, 0.2) is 5.75 Å². The first-order valence-electron chi connectivity index (χ1n) is 5.19. The van der Waals surface area contributed by atoms with Crippen LogP contribution in [-0.4, -0.2) is 42.8 Å². The smallest absolute Gasteiger partial charge is 0.337 e. The van der Waals surface area contributed by atoms with Gasteiger partial charge in [-0.05, 0) is 19.1 Å². The highest BCUT2D eigenvalue weighted by molar-refractivity contribution is 7.93. The highest BCUT2D eigenvalue weighted by Crippen LogP contribution is 2.07. The normalized spacial score (nSPS) is 10.8. The van der Waals surface area contributed by atoms with Crippen LogP contribution in [0.5, 0.6) is 0 Å². The molecule has 0 aliphatic carbocycles. The molecule has 1 aromatic rings. The molecule has 0 saturated carbocycles. The maximum absolute atomic E-state index is 11.5. The summed E-state index contributed by atoms with van der Waals surface area (Å²) in [4.78, 5) is 25.2. The zero-order valence-corrected chi connectivity index (χ0v) is 10.8. The van der Waals surface area contributed by atoms with E-state index in [0.717, 1.165) is 6.20 Å². The summed E-state index contributed by atoms with van der Waals surface area (Å²) < 4.78 is 29.6. The lowest BCUT2D eigenvalue weighted by Crippen LogP contribution is -2.24. The lowest BCUT2D eigenvalue weighted by atomic mass is 10.3. The van der Waals surface area contributed by atoms with E-state index in [1.54, 1.807) is 6.92 Å². The summed E-state index contributed by atoms with van der Waals surface area (Å²) >= 11 is 0. The monoisotopic (exact) mass is 288 g/mol. The van der Waals surface area contributed by atoms with Crippen LogP contribution in [0.25, 0.3) is 0 Å². The van der Waals surface area contributed by atoms with Gasteiger partial charge < -0.3 is 9.84 Å². The zero-order chi connectivity index (χ0) is 14.5. The molecule has 0 spiro atoms. The molecule has 0 amide bonds. The molecule has 1 rings (SSSR count). The number of nitrogens with one attached hydrogen (secondary N) is 1. The predicted octanol–water partition coefficient (Wildman–Crippen LogP) is 0.0846. The van der Waals surface area contributed by atoms with E-state index in [4.69, 9.17) is 5.11 Å². The number of rotatable bonds is 6. The molecule has 0 aromatic carbocycles. The van der Waals surface area contributed by atoms with E-state index in [1.807, 2.05) is 4.72 Å². The molecule has 1 heterocycles. The van der Waals surface area contributed by atoms with Crippen LogP contribution in [0.15, 0.2) is 18.3 Å². The number of anilines is 1. The maximum Gasteiger partial charge on any atom is 0.337 e. The average Bonchev–Trinajstić information content (AvgIpc) is 2.28. The Labute approximate surface area is 109 Å². The third-order valence-electron chi connectivity index (χ3n) is 1.88. The second-order valence-electron chi connectivity index (χ2n) is 3.40. The van der Waals surface area contributed by atoms with Gasteiger partial charge in [-0.15, -0.1) is 0 Å². The van der Waals surface area contributed by atoms with Crippen LogP contribution < -0.4 is 4.72 Å². The summed E-state index contributed by atoms with van der Waals surface area (Å²) in [5.74, 6) is -2.96. The van der Waals surface area contributed by atoms with E-state index in [0.29, 0.717) is 0 Å². The van der Waals surface area contributed by atoms with E-state index in [9.17, 15) is 18.0 Å². The van der Waals surface area contributed by atoms with Crippen molar-refractivity contribution in [1.82, 2.24) is 4.98 Å². The molecule has 0 fully saturated rings. The third-order valence-corrected chi connectivity index (χ3v) is 3.02. The summed E-state index contributed by atoms with van der Waals surface area (Å²) in [6.45, 7) is 1.64. The molecule has 9 heteroatoms. The van der Waals surface area contributed by atoms with Gasteiger partial charge in [-0.25, -0.2) is 18.2 Å². The first-order valence-corrected chi connectivity index (χ1v) is 6.84.